The lowest BCUT2D eigenvalue weighted by Crippen LogP contribution is -1.86. The first-order valence-electron chi connectivity index (χ1n) is 4.23. The third-order valence-electron chi connectivity index (χ3n) is 2.48. The molecule has 1 aliphatic carbocycles. The molecule has 1 fully saturated rings. The van der Waals surface area contributed by atoms with Crippen molar-refractivity contribution >= 4 is 43.5 Å². The van der Waals surface area contributed by atoms with Gasteiger partial charge in [-0.3, -0.25) is 0 Å². The molecule has 0 spiro atoms. The van der Waals surface area contributed by atoms with Crippen molar-refractivity contribution < 1.29 is 0 Å². The highest BCUT2D eigenvalue weighted by molar-refractivity contribution is 9.10. The van der Waals surface area contributed by atoms with Crippen LogP contribution < -0.4 is 0 Å². The Morgan fingerprint density at radius 2 is 2.23 bits per heavy atom. The maximum absolute atomic E-state index is 5.95. The van der Waals surface area contributed by atoms with Crippen LogP contribution in [0.4, 0.5) is 0 Å². The van der Waals surface area contributed by atoms with Gasteiger partial charge in [0.1, 0.15) is 0 Å². The lowest BCUT2D eigenvalue weighted by atomic mass is 10.1. The van der Waals surface area contributed by atoms with E-state index in [-0.39, 0.29) is 0 Å². The van der Waals surface area contributed by atoms with Crippen LogP contribution in [0.3, 0.4) is 0 Å². The minimum atomic E-state index is 0.701. The highest BCUT2D eigenvalue weighted by Gasteiger charge is 2.38. The number of hydrogen-bond acceptors (Lipinski definition) is 0. The maximum Gasteiger partial charge on any atom is 0.0409 e. The smallest absolute Gasteiger partial charge is 0.0409 e. The number of halogens is 3. The number of hydrogen-bond donors (Lipinski definition) is 0. The summed E-state index contributed by atoms with van der Waals surface area (Å²) in [6.45, 7) is 0. The second kappa shape index (κ2) is 3.92. The van der Waals surface area contributed by atoms with Crippen LogP contribution in [0.25, 0.3) is 0 Å². The molecule has 1 aliphatic rings. The molecule has 0 bridgehead atoms. The van der Waals surface area contributed by atoms with Gasteiger partial charge in [-0.25, -0.2) is 0 Å². The molecule has 0 saturated heterocycles. The lowest BCUT2D eigenvalue weighted by molar-refractivity contribution is 0.933. The first-order chi connectivity index (χ1) is 6.22. The fourth-order valence-corrected chi connectivity index (χ4v) is 3.03. The van der Waals surface area contributed by atoms with Gasteiger partial charge in [-0.05, 0) is 42.0 Å². The van der Waals surface area contributed by atoms with Crippen LogP contribution in [-0.2, 0) is 0 Å². The second-order valence-electron chi connectivity index (χ2n) is 3.42. The van der Waals surface area contributed by atoms with Gasteiger partial charge in [0.25, 0.3) is 0 Å². The SMILES string of the molecule is Clc1ccc(Br)c(C2CC2CBr)c1. The number of rotatable bonds is 2. The Balaban J connectivity index is 2.25. The summed E-state index contributed by atoms with van der Waals surface area (Å²) < 4.78 is 1.19. The summed E-state index contributed by atoms with van der Waals surface area (Å²) in [5.74, 6) is 1.50. The number of alkyl halides is 1. The van der Waals surface area contributed by atoms with Gasteiger partial charge in [-0.2, -0.15) is 0 Å². The van der Waals surface area contributed by atoms with Gasteiger partial charge in [0.2, 0.25) is 0 Å². The normalized spacial score (nSPS) is 26.1. The zero-order valence-electron chi connectivity index (χ0n) is 6.93. The summed E-state index contributed by atoms with van der Waals surface area (Å²) in [7, 11) is 0. The first-order valence-corrected chi connectivity index (χ1v) is 6.52. The highest BCUT2D eigenvalue weighted by Crippen LogP contribution is 2.50. The van der Waals surface area contributed by atoms with E-state index in [9.17, 15) is 0 Å². The Bertz CT molecular complexity index is 325. The molecule has 0 amide bonds. The molecule has 13 heavy (non-hydrogen) atoms. The van der Waals surface area contributed by atoms with Gasteiger partial charge in [0.15, 0.2) is 0 Å². The molecule has 2 unspecified atom stereocenters. The Morgan fingerprint density at radius 1 is 1.46 bits per heavy atom. The predicted molar refractivity (Wildman–Crippen MR) is 63.8 cm³/mol. The van der Waals surface area contributed by atoms with Crippen LogP contribution in [0.2, 0.25) is 5.02 Å². The standard InChI is InChI=1S/C10H9Br2Cl/c11-5-6-3-8(6)9-4-7(13)1-2-10(9)12/h1-2,4,6,8H,3,5H2. The zero-order valence-corrected chi connectivity index (χ0v) is 10.9. The van der Waals surface area contributed by atoms with Crippen LogP contribution >= 0.6 is 43.5 Å². The first kappa shape index (κ1) is 10.0. The Kier molecular flexibility index (Phi) is 3.01. The molecular weight excluding hydrogens is 315 g/mol. The summed E-state index contributed by atoms with van der Waals surface area (Å²) in [6.07, 6.45) is 1.28. The molecule has 0 nitrogen and oxygen atoms in total. The average molecular weight is 324 g/mol. The van der Waals surface area contributed by atoms with E-state index in [4.69, 9.17) is 11.6 Å². The van der Waals surface area contributed by atoms with Gasteiger partial charge < -0.3 is 0 Å². The third kappa shape index (κ3) is 2.11. The summed E-state index contributed by atoms with van der Waals surface area (Å²) in [5.41, 5.74) is 1.36. The van der Waals surface area contributed by atoms with Crippen LogP contribution in [0, 0.1) is 5.92 Å². The van der Waals surface area contributed by atoms with E-state index in [1.54, 1.807) is 0 Å². The van der Waals surface area contributed by atoms with Gasteiger partial charge in [-0.15, -0.1) is 0 Å². The van der Waals surface area contributed by atoms with E-state index in [1.807, 2.05) is 12.1 Å². The number of benzene rings is 1. The predicted octanol–water partition coefficient (Wildman–Crippen LogP) is 4.60. The van der Waals surface area contributed by atoms with Crippen molar-refractivity contribution in [3.63, 3.8) is 0 Å². The molecule has 0 heterocycles. The molecule has 0 N–H and O–H groups in total. The fraction of sp³-hybridized carbons (Fsp3) is 0.400. The highest BCUT2D eigenvalue weighted by atomic mass is 79.9. The molecule has 2 rings (SSSR count). The van der Waals surface area contributed by atoms with Crippen LogP contribution in [0.5, 0.6) is 0 Å². The van der Waals surface area contributed by atoms with Gasteiger partial charge in [0, 0.05) is 14.8 Å². The minimum Gasteiger partial charge on any atom is -0.0925 e. The fourth-order valence-electron chi connectivity index (χ4n) is 1.60. The van der Waals surface area contributed by atoms with E-state index in [2.05, 4.69) is 37.9 Å². The average Bonchev–Trinajstić information content (AvgIpc) is 2.88. The van der Waals surface area contributed by atoms with Crippen molar-refractivity contribution in [2.45, 2.75) is 12.3 Å². The van der Waals surface area contributed by atoms with Crippen LogP contribution in [0.15, 0.2) is 22.7 Å². The van der Waals surface area contributed by atoms with Crippen molar-refractivity contribution in [2.75, 3.05) is 5.33 Å². The van der Waals surface area contributed by atoms with Crippen molar-refractivity contribution in [2.24, 2.45) is 5.92 Å². The van der Waals surface area contributed by atoms with Crippen LogP contribution in [-0.4, -0.2) is 5.33 Å². The monoisotopic (exact) mass is 322 g/mol. The summed E-state index contributed by atoms with van der Waals surface area (Å²) in [5, 5.41) is 1.93. The maximum atomic E-state index is 5.95. The molecule has 70 valence electrons. The Labute approximate surface area is 99.9 Å². The van der Waals surface area contributed by atoms with Gasteiger partial charge >= 0.3 is 0 Å². The molecule has 1 aromatic rings. The minimum absolute atomic E-state index is 0.701. The summed E-state index contributed by atoms with van der Waals surface area (Å²) in [4.78, 5) is 0. The summed E-state index contributed by atoms with van der Waals surface area (Å²) in [6, 6.07) is 6.01. The van der Waals surface area contributed by atoms with Gasteiger partial charge in [-0.1, -0.05) is 43.5 Å². The van der Waals surface area contributed by atoms with E-state index in [0.29, 0.717) is 5.92 Å². The topological polar surface area (TPSA) is 0 Å². The van der Waals surface area contributed by atoms with Gasteiger partial charge in [0.05, 0.1) is 0 Å². The molecule has 3 heteroatoms. The second-order valence-corrected chi connectivity index (χ2v) is 5.36. The lowest BCUT2D eigenvalue weighted by Gasteiger charge is -2.03. The quantitative estimate of drug-likeness (QED) is 0.697. The molecule has 0 aliphatic heterocycles. The Morgan fingerprint density at radius 3 is 2.85 bits per heavy atom. The van der Waals surface area contributed by atoms with E-state index < -0.39 is 0 Å². The third-order valence-corrected chi connectivity index (χ3v) is 4.27. The molecule has 2 atom stereocenters. The molecular formula is C10H9Br2Cl. The van der Waals surface area contributed by atoms with Crippen molar-refractivity contribution in [3.8, 4) is 0 Å². The summed E-state index contributed by atoms with van der Waals surface area (Å²) >= 11 is 13.0. The van der Waals surface area contributed by atoms with Crippen molar-refractivity contribution in [1.29, 1.82) is 0 Å². The largest absolute Gasteiger partial charge is 0.0925 e. The molecule has 0 aromatic heterocycles. The Hall–Kier alpha value is 0.470. The molecule has 1 saturated carbocycles. The zero-order chi connectivity index (χ0) is 9.42. The van der Waals surface area contributed by atoms with E-state index in [1.165, 1.54) is 16.5 Å². The van der Waals surface area contributed by atoms with Crippen molar-refractivity contribution in [1.82, 2.24) is 0 Å². The van der Waals surface area contributed by atoms with E-state index >= 15 is 0 Å². The molecule has 1 aromatic carbocycles. The molecule has 0 radical (unpaired) electrons. The van der Waals surface area contributed by atoms with E-state index in [0.717, 1.165) is 16.3 Å². The van der Waals surface area contributed by atoms with Crippen molar-refractivity contribution in [3.05, 3.63) is 33.3 Å². The van der Waals surface area contributed by atoms with Crippen LogP contribution in [0.1, 0.15) is 17.9 Å².